The zero-order valence-corrected chi connectivity index (χ0v) is 14.0. The van der Waals surface area contributed by atoms with Gasteiger partial charge in [0.05, 0.1) is 13.0 Å². The summed E-state index contributed by atoms with van der Waals surface area (Å²) in [5, 5.41) is 13.9. The van der Waals surface area contributed by atoms with Crippen molar-refractivity contribution in [1.29, 1.82) is 0 Å². The topological polar surface area (TPSA) is 55.2 Å². The first-order valence-electron chi connectivity index (χ1n) is 5.55. The molecule has 1 N–H and O–H groups in total. The summed E-state index contributed by atoms with van der Waals surface area (Å²) in [6.07, 6.45) is 0. The number of benzene rings is 2. The molecule has 0 saturated carbocycles. The number of nitrogens with one attached hydrogen (secondary N) is 1. The molecule has 2 aromatic carbocycles. The van der Waals surface area contributed by atoms with Crippen LogP contribution in [-0.4, -0.2) is 4.92 Å². The lowest BCUT2D eigenvalue weighted by Crippen LogP contribution is -1.97. The summed E-state index contributed by atoms with van der Waals surface area (Å²) in [6, 6.07) is 7.80. The van der Waals surface area contributed by atoms with Gasteiger partial charge in [-0.15, -0.1) is 0 Å². The second-order valence-corrected chi connectivity index (χ2v) is 6.15. The van der Waals surface area contributed by atoms with Crippen LogP contribution in [0.3, 0.4) is 0 Å². The van der Waals surface area contributed by atoms with E-state index >= 15 is 0 Å². The number of nitro groups is 1. The average molecular weight is 451 g/mol. The van der Waals surface area contributed by atoms with Crippen molar-refractivity contribution >= 4 is 55.6 Å². The zero-order chi connectivity index (χ0) is 14.9. The molecule has 0 aliphatic carbocycles. The summed E-state index contributed by atoms with van der Waals surface area (Å²) in [5.41, 5.74) is 2.26. The van der Waals surface area contributed by atoms with Gasteiger partial charge in [-0.25, -0.2) is 4.39 Å². The summed E-state index contributed by atoms with van der Waals surface area (Å²) < 4.78 is 14.3. The van der Waals surface area contributed by atoms with E-state index in [9.17, 15) is 14.5 Å². The fourth-order valence-corrected chi connectivity index (χ4v) is 2.72. The van der Waals surface area contributed by atoms with Crippen LogP contribution in [0, 0.1) is 26.4 Å². The third-order valence-electron chi connectivity index (χ3n) is 2.69. The number of nitro benzene ring substituents is 1. The first-order chi connectivity index (χ1) is 9.38. The molecular formula is C13H9BrFIN2O2. The Morgan fingerprint density at radius 2 is 2.05 bits per heavy atom. The van der Waals surface area contributed by atoms with Crippen molar-refractivity contribution in [2.75, 3.05) is 5.32 Å². The summed E-state index contributed by atoms with van der Waals surface area (Å²) in [5.74, 6) is -0.327. The van der Waals surface area contributed by atoms with Crippen LogP contribution < -0.4 is 5.32 Å². The van der Waals surface area contributed by atoms with Crippen LogP contribution in [-0.2, 0) is 0 Å². The Morgan fingerprint density at radius 1 is 1.35 bits per heavy atom. The molecule has 20 heavy (non-hydrogen) atoms. The molecule has 0 saturated heterocycles. The lowest BCUT2D eigenvalue weighted by atomic mass is 10.2. The van der Waals surface area contributed by atoms with Crippen LogP contribution in [0.1, 0.15) is 5.56 Å². The van der Waals surface area contributed by atoms with Gasteiger partial charge in [-0.3, -0.25) is 10.1 Å². The van der Waals surface area contributed by atoms with E-state index in [1.807, 2.05) is 22.6 Å². The quantitative estimate of drug-likeness (QED) is 0.399. The monoisotopic (exact) mass is 450 g/mol. The molecule has 7 heteroatoms. The number of aryl methyl sites for hydroxylation is 1. The zero-order valence-electron chi connectivity index (χ0n) is 10.3. The Hall–Kier alpha value is -1.22. The molecule has 4 nitrogen and oxygen atoms in total. The van der Waals surface area contributed by atoms with Crippen LogP contribution in [0.25, 0.3) is 0 Å². The highest BCUT2D eigenvalue weighted by Crippen LogP contribution is 2.29. The van der Waals surface area contributed by atoms with Gasteiger partial charge in [0.15, 0.2) is 0 Å². The fraction of sp³-hybridized carbons (Fsp3) is 0.0769. The van der Waals surface area contributed by atoms with Gasteiger partial charge >= 0.3 is 0 Å². The lowest BCUT2D eigenvalue weighted by Gasteiger charge is -2.11. The Balaban J connectivity index is 2.33. The average Bonchev–Trinajstić information content (AvgIpc) is 2.35. The molecule has 0 radical (unpaired) electrons. The van der Waals surface area contributed by atoms with E-state index < -0.39 is 4.92 Å². The predicted octanol–water partition coefficient (Wildman–Crippen LogP) is 5.15. The molecule has 104 valence electrons. The molecule has 0 aromatic heterocycles. The molecule has 0 spiro atoms. The van der Waals surface area contributed by atoms with Gasteiger partial charge in [0, 0.05) is 17.4 Å². The molecule has 0 aliphatic rings. The standard InChI is InChI=1S/C13H9BrFIN2O2/c1-7-4-10(15)9(14)6-12(7)17-8-2-3-13(18(19)20)11(16)5-8/h2-6,17H,1H3. The maximum atomic E-state index is 13.4. The van der Waals surface area contributed by atoms with Crippen molar-refractivity contribution < 1.29 is 9.31 Å². The summed E-state index contributed by atoms with van der Waals surface area (Å²) in [6.45, 7) is 1.79. The number of nitrogens with zero attached hydrogens (tertiary/aromatic N) is 1. The minimum atomic E-state index is -0.425. The second kappa shape index (κ2) is 6.04. The van der Waals surface area contributed by atoms with Crippen molar-refractivity contribution in [2.24, 2.45) is 0 Å². The minimum Gasteiger partial charge on any atom is -0.355 e. The van der Waals surface area contributed by atoms with E-state index in [4.69, 9.17) is 0 Å². The largest absolute Gasteiger partial charge is 0.355 e. The van der Waals surface area contributed by atoms with Crippen LogP contribution in [0.2, 0.25) is 0 Å². The van der Waals surface area contributed by atoms with E-state index in [1.165, 1.54) is 12.1 Å². The minimum absolute atomic E-state index is 0.0631. The maximum Gasteiger partial charge on any atom is 0.282 e. The van der Waals surface area contributed by atoms with Crippen molar-refractivity contribution in [3.8, 4) is 0 Å². The number of hydrogen-bond donors (Lipinski definition) is 1. The highest BCUT2D eigenvalue weighted by Gasteiger charge is 2.12. The molecule has 0 atom stereocenters. The van der Waals surface area contributed by atoms with Crippen LogP contribution in [0.4, 0.5) is 21.5 Å². The Morgan fingerprint density at radius 3 is 2.65 bits per heavy atom. The molecular weight excluding hydrogens is 442 g/mol. The number of hydrogen-bond acceptors (Lipinski definition) is 3. The Kier molecular flexibility index (Phi) is 4.59. The summed E-state index contributed by atoms with van der Waals surface area (Å²) in [7, 11) is 0. The highest BCUT2D eigenvalue weighted by molar-refractivity contribution is 14.1. The van der Waals surface area contributed by atoms with E-state index in [-0.39, 0.29) is 11.5 Å². The molecule has 0 fully saturated rings. The van der Waals surface area contributed by atoms with Crippen molar-refractivity contribution in [3.63, 3.8) is 0 Å². The van der Waals surface area contributed by atoms with Crippen molar-refractivity contribution in [2.45, 2.75) is 6.92 Å². The van der Waals surface area contributed by atoms with Crippen LogP contribution in [0.5, 0.6) is 0 Å². The number of anilines is 2. The van der Waals surface area contributed by atoms with Gasteiger partial charge in [0.2, 0.25) is 0 Å². The molecule has 0 amide bonds. The molecule has 0 heterocycles. The fourth-order valence-electron chi connectivity index (χ4n) is 1.67. The third-order valence-corrected chi connectivity index (χ3v) is 4.16. The van der Waals surface area contributed by atoms with E-state index in [1.54, 1.807) is 25.1 Å². The van der Waals surface area contributed by atoms with Crippen LogP contribution in [0.15, 0.2) is 34.8 Å². The summed E-state index contributed by atoms with van der Waals surface area (Å²) in [4.78, 5) is 10.3. The third kappa shape index (κ3) is 3.26. The van der Waals surface area contributed by atoms with Crippen molar-refractivity contribution in [3.05, 3.63) is 59.9 Å². The lowest BCUT2D eigenvalue weighted by molar-refractivity contribution is -0.385. The highest BCUT2D eigenvalue weighted by atomic mass is 127. The molecule has 0 aliphatic heterocycles. The van der Waals surface area contributed by atoms with Crippen LogP contribution >= 0.6 is 38.5 Å². The number of rotatable bonds is 3. The van der Waals surface area contributed by atoms with E-state index in [0.717, 1.165) is 11.3 Å². The Bertz CT molecular complexity index is 694. The normalized spacial score (nSPS) is 10.4. The molecule has 0 bridgehead atoms. The van der Waals surface area contributed by atoms with Crippen molar-refractivity contribution in [1.82, 2.24) is 0 Å². The van der Waals surface area contributed by atoms with Gasteiger partial charge in [-0.05, 0) is 75.3 Å². The summed E-state index contributed by atoms with van der Waals surface area (Å²) >= 11 is 5.05. The van der Waals surface area contributed by atoms with E-state index in [2.05, 4.69) is 21.2 Å². The van der Waals surface area contributed by atoms with Gasteiger partial charge in [0.1, 0.15) is 5.82 Å². The predicted molar refractivity (Wildman–Crippen MR) is 87.9 cm³/mol. The first-order valence-corrected chi connectivity index (χ1v) is 7.42. The molecule has 2 aromatic rings. The second-order valence-electron chi connectivity index (χ2n) is 4.13. The SMILES string of the molecule is Cc1cc(F)c(Br)cc1Nc1ccc([N+](=O)[O-])c(I)c1. The van der Waals surface area contributed by atoms with Gasteiger partial charge in [-0.1, -0.05) is 0 Å². The van der Waals surface area contributed by atoms with E-state index in [0.29, 0.717) is 13.7 Å². The smallest absolute Gasteiger partial charge is 0.282 e. The van der Waals surface area contributed by atoms with Gasteiger partial charge in [0.25, 0.3) is 5.69 Å². The first kappa shape index (κ1) is 15.2. The van der Waals surface area contributed by atoms with Gasteiger partial charge < -0.3 is 5.32 Å². The van der Waals surface area contributed by atoms with Gasteiger partial charge in [-0.2, -0.15) is 0 Å². The maximum absolute atomic E-state index is 13.4. The molecule has 0 unspecified atom stereocenters. The molecule has 2 rings (SSSR count). The number of halogens is 3. The Labute approximate surface area is 136 Å².